The van der Waals surface area contributed by atoms with Crippen molar-refractivity contribution in [2.75, 3.05) is 26.8 Å². The van der Waals surface area contributed by atoms with E-state index in [1.54, 1.807) is 25.3 Å². The van der Waals surface area contributed by atoms with Gasteiger partial charge in [0.25, 0.3) is 0 Å². The minimum atomic E-state index is -0.964. The van der Waals surface area contributed by atoms with Crippen LogP contribution in [0, 0.1) is 0 Å². The second-order valence-electron chi connectivity index (χ2n) is 3.78. The number of ether oxygens (including phenoxy) is 1. The summed E-state index contributed by atoms with van der Waals surface area (Å²) >= 11 is 11.9. The van der Waals surface area contributed by atoms with Gasteiger partial charge in [0.15, 0.2) is 0 Å². The van der Waals surface area contributed by atoms with E-state index in [0.29, 0.717) is 28.8 Å². The number of benzene rings is 1. The first-order chi connectivity index (χ1) is 9.06. The van der Waals surface area contributed by atoms with Gasteiger partial charge in [-0.15, -0.1) is 0 Å². The van der Waals surface area contributed by atoms with Gasteiger partial charge in [0, 0.05) is 35.8 Å². The Morgan fingerprint density at radius 1 is 1.37 bits per heavy atom. The highest BCUT2D eigenvalue weighted by Crippen LogP contribution is 2.29. The van der Waals surface area contributed by atoms with Crippen LogP contribution in [0.4, 0.5) is 4.79 Å². The highest BCUT2D eigenvalue weighted by Gasteiger charge is 2.16. The Morgan fingerprint density at radius 3 is 2.58 bits per heavy atom. The summed E-state index contributed by atoms with van der Waals surface area (Å²) < 4.78 is 4.79. The summed E-state index contributed by atoms with van der Waals surface area (Å²) in [5.74, 6) is 0. The fourth-order valence-electron chi connectivity index (χ4n) is 1.45. The number of nitrogens with one attached hydrogen (secondary N) is 2. The Kier molecular flexibility index (Phi) is 6.94. The molecule has 0 heterocycles. The fourth-order valence-corrected chi connectivity index (χ4v) is 2.10. The van der Waals surface area contributed by atoms with Crippen LogP contribution >= 0.6 is 23.2 Å². The zero-order valence-corrected chi connectivity index (χ0v) is 12.0. The normalized spacial score (nSPS) is 12.0. The lowest BCUT2D eigenvalue weighted by atomic mass is 10.1. The SMILES string of the molecule is COCCNC(=O)NC[C@@H](O)c1c(Cl)cccc1Cl. The highest BCUT2D eigenvalue weighted by molar-refractivity contribution is 6.36. The van der Waals surface area contributed by atoms with E-state index in [1.165, 1.54) is 0 Å². The Hall–Kier alpha value is -1.01. The van der Waals surface area contributed by atoms with Crippen LogP contribution in [0.25, 0.3) is 0 Å². The molecule has 0 saturated heterocycles. The second kappa shape index (κ2) is 8.22. The molecule has 0 aliphatic carbocycles. The molecule has 0 aliphatic rings. The van der Waals surface area contributed by atoms with Crippen molar-refractivity contribution in [1.82, 2.24) is 10.6 Å². The third-order valence-electron chi connectivity index (χ3n) is 2.38. The summed E-state index contributed by atoms with van der Waals surface area (Å²) in [6, 6.07) is 4.56. The van der Waals surface area contributed by atoms with Gasteiger partial charge in [-0.05, 0) is 12.1 Å². The molecule has 0 saturated carbocycles. The summed E-state index contributed by atoms with van der Waals surface area (Å²) in [4.78, 5) is 11.4. The van der Waals surface area contributed by atoms with Gasteiger partial charge in [-0.2, -0.15) is 0 Å². The van der Waals surface area contributed by atoms with Crippen molar-refractivity contribution in [3.8, 4) is 0 Å². The quantitative estimate of drug-likeness (QED) is 0.704. The molecule has 1 aromatic rings. The first-order valence-electron chi connectivity index (χ1n) is 5.69. The lowest BCUT2D eigenvalue weighted by Gasteiger charge is -2.15. The van der Waals surface area contributed by atoms with Crippen molar-refractivity contribution >= 4 is 29.2 Å². The minimum Gasteiger partial charge on any atom is -0.386 e. The number of halogens is 2. The second-order valence-corrected chi connectivity index (χ2v) is 4.60. The Bertz CT molecular complexity index is 409. The molecule has 19 heavy (non-hydrogen) atoms. The maximum absolute atomic E-state index is 11.4. The highest BCUT2D eigenvalue weighted by atomic mass is 35.5. The van der Waals surface area contributed by atoms with E-state index >= 15 is 0 Å². The van der Waals surface area contributed by atoms with Gasteiger partial charge in [-0.25, -0.2) is 4.79 Å². The molecule has 5 nitrogen and oxygen atoms in total. The number of carbonyl (C=O) groups is 1. The lowest BCUT2D eigenvalue weighted by molar-refractivity contribution is 0.171. The Morgan fingerprint density at radius 2 is 2.00 bits per heavy atom. The monoisotopic (exact) mass is 306 g/mol. The number of aliphatic hydroxyl groups is 1. The molecule has 0 bridgehead atoms. The van der Waals surface area contributed by atoms with Crippen molar-refractivity contribution in [2.45, 2.75) is 6.10 Å². The minimum absolute atomic E-state index is 0.0161. The number of amides is 2. The van der Waals surface area contributed by atoms with Crippen LogP contribution in [0.5, 0.6) is 0 Å². The summed E-state index contributed by atoms with van der Waals surface area (Å²) in [5.41, 5.74) is 0.406. The molecule has 2 amide bonds. The third-order valence-corrected chi connectivity index (χ3v) is 3.04. The van der Waals surface area contributed by atoms with Crippen LogP contribution in [0.15, 0.2) is 18.2 Å². The fraction of sp³-hybridized carbons (Fsp3) is 0.417. The van der Waals surface area contributed by atoms with Crippen LogP contribution in [-0.4, -0.2) is 37.9 Å². The Labute approximate surface area is 121 Å². The van der Waals surface area contributed by atoms with E-state index in [0.717, 1.165) is 0 Å². The van der Waals surface area contributed by atoms with E-state index in [-0.39, 0.29) is 12.6 Å². The molecule has 1 rings (SSSR count). The third kappa shape index (κ3) is 5.24. The van der Waals surface area contributed by atoms with Crippen molar-refractivity contribution in [1.29, 1.82) is 0 Å². The molecule has 0 aliphatic heterocycles. The van der Waals surface area contributed by atoms with Crippen LogP contribution in [0.1, 0.15) is 11.7 Å². The number of hydrogen-bond acceptors (Lipinski definition) is 3. The molecule has 0 fully saturated rings. The van der Waals surface area contributed by atoms with Crippen molar-refractivity contribution in [2.24, 2.45) is 0 Å². The van der Waals surface area contributed by atoms with E-state index in [1.807, 2.05) is 0 Å². The zero-order chi connectivity index (χ0) is 14.3. The number of carbonyl (C=O) groups excluding carboxylic acids is 1. The van der Waals surface area contributed by atoms with Crippen LogP contribution in [0.3, 0.4) is 0 Å². The number of methoxy groups -OCH3 is 1. The molecule has 1 aromatic carbocycles. The lowest BCUT2D eigenvalue weighted by Crippen LogP contribution is -2.39. The molecule has 0 spiro atoms. The van der Waals surface area contributed by atoms with E-state index in [9.17, 15) is 9.90 Å². The van der Waals surface area contributed by atoms with Gasteiger partial charge >= 0.3 is 6.03 Å². The van der Waals surface area contributed by atoms with Crippen molar-refractivity contribution in [3.63, 3.8) is 0 Å². The van der Waals surface area contributed by atoms with Gasteiger partial charge in [-0.1, -0.05) is 29.3 Å². The molecule has 106 valence electrons. The average molecular weight is 307 g/mol. The Balaban J connectivity index is 2.47. The number of aliphatic hydroxyl groups excluding tert-OH is 1. The molecule has 0 radical (unpaired) electrons. The van der Waals surface area contributed by atoms with E-state index in [2.05, 4.69) is 10.6 Å². The smallest absolute Gasteiger partial charge is 0.314 e. The standard InChI is InChI=1S/C12H16Cl2N2O3/c1-19-6-5-15-12(18)16-7-10(17)11-8(13)3-2-4-9(11)14/h2-4,10,17H,5-7H2,1H3,(H2,15,16,18)/t10-/m1/s1. The molecule has 3 N–H and O–H groups in total. The number of urea groups is 1. The predicted octanol–water partition coefficient (Wildman–Crippen LogP) is 1.97. The van der Waals surface area contributed by atoms with E-state index < -0.39 is 6.10 Å². The molecule has 0 aromatic heterocycles. The topological polar surface area (TPSA) is 70.6 Å². The first-order valence-corrected chi connectivity index (χ1v) is 6.44. The first kappa shape index (κ1) is 16.0. The summed E-state index contributed by atoms with van der Waals surface area (Å²) in [7, 11) is 1.54. The predicted molar refractivity (Wildman–Crippen MR) is 74.7 cm³/mol. The molecule has 0 unspecified atom stereocenters. The van der Waals surface area contributed by atoms with E-state index in [4.69, 9.17) is 27.9 Å². The van der Waals surface area contributed by atoms with Crippen LogP contribution in [-0.2, 0) is 4.74 Å². The maximum Gasteiger partial charge on any atom is 0.314 e. The summed E-state index contributed by atoms with van der Waals surface area (Å²) in [6.07, 6.45) is -0.964. The van der Waals surface area contributed by atoms with Gasteiger partial charge in [-0.3, -0.25) is 0 Å². The summed E-state index contributed by atoms with van der Waals surface area (Å²) in [5, 5.41) is 15.8. The van der Waals surface area contributed by atoms with Gasteiger partial charge in [0.05, 0.1) is 12.7 Å². The number of hydrogen-bond donors (Lipinski definition) is 3. The van der Waals surface area contributed by atoms with Gasteiger partial charge < -0.3 is 20.5 Å². The van der Waals surface area contributed by atoms with Gasteiger partial charge in [0.2, 0.25) is 0 Å². The van der Waals surface area contributed by atoms with Crippen LogP contribution in [0.2, 0.25) is 10.0 Å². The van der Waals surface area contributed by atoms with Crippen molar-refractivity contribution < 1.29 is 14.6 Å². The molecule has 7 heteroatoms. The molecule has 1 atom stereocenters. The van der Waals surface area contributed by atoms with Gasteiger partial charge in [0.1, 0.15) is 0 Å². The average Bonchev–Trinajstić information content (AvgIpc) is 2.36. The van der Waals surface area contributed by atoms with Crippen LogP contribution < -0.4 is 10.6 Å². The maximum atomic E-state index is 11.4. The largest absolute Gasteiger partial charge is 0.386 e. The number of rotatable bonds is 6. The summed E-state index contributed by atoms with van der Waals surface area (Å²) in [6.45, 7) is 0.833. The molecular weight excluding hydrogens is 291 g/mol. The van der Waals surface area contributed by atoms with Crippen molar-refractivity contribution in [3.05, 3.63) is 33.8 Å². The molecular formula is C12H16Cl2N2O3. The zero-order valence-electron chi connectivity index (χ0n) is 10.5.